The Morgan fingerprint density at radius 1 is 1.35 bits per heavy atom. The Bertz CT molecular complexity index is 346. The van der Waals surface area contributed by atoms with Gasteiger partial charge in [0, 0.05) is 32.5 Å². The lowest BCUT2D eigenvalue weighted by Gasteiger charge is -2.38. The third kappa shape index (κ3) is 3.34. The molecule has 3 fully saturated rings. The zero-order valence-electron chi connectivity index (χ0n) is 12.6. The van der Waals surface area contributed by atoms with Crippen molar-refractivity contribution in [2.75, 3.05) is 26.3 Å². The molecule has 114 valence electrons. The molecule has 0 aromatic carbocycles. The van der Waals surface area contributed by atoms with Crippen LogP contribution in [0.1, 0.15) is 51.9 Å². The number of carbonyl (C=O) groups excluding carboxylic acids is 1. The van der Waals surface area contributed by atoms with Crippen LogP contribution in [0.2, 0.25) is 0 Å². The first-order valence-electron chi connectivity index (χ1n) is 8.24. The van der Waals surface area contributed by atoms with E-state index in [0.717, 1.165) is 57.9 Å². The fourth-order valence-corrected chi connectivity index (χ4v) is 3.35. The summed E-state index contributed by atoms with van der Waals surface area (Å²) in [6, 6.07) is 0. The minimum Gasteiger partial charge on any atom is -0.375 e. The molecule has 0 radical (unpaired) electrons. The Labute approximate surface area is 121 Å². The van der Waals surface area contributed by atoms with Crippen LogP contribution in [0.25, 0.3) is 0 Å². The van der Waals surface area contributed by atoms with Crippen molar-refractivity contribution in [3.05, 3.63) is 0 Å². The van der Waals surface area contributed by atoms with Gasteiger partial charge in [0.1, 0.15) is 0 Å². The Hall–Kier alpha value is -0.610. The molecule has 2 aliphatic heterocycles. The van der Waals surface area contributed by atoms with Crippen molar-refractivity contribution in [3.63, 3.8) is 0 Å². The lowest BCUT2D eigenvalue weighted by Crippen LogP contribution is -2.46. The van der Waals surface area contributed by atoms with E-state index in [-0.39, 0.29) is 11.7 Å². The molecule has 0 aromatic rings. The van der Waals surface area contributed by atoms with Crippen LogP contribution in [0.3, 0.4) is 0 Å². The molecule has 3 aliphatic rings. The van der Waals surface area contributed by atoms with E-state index in [9.17, 15) is 4.79 Å². The van der Waals surface area contributed by atoms with Gasteiger partial charge in [-0.25, -0.2) is 0 Å². The monoisotopic (exact) mass is 281 g/mol. The number of nitrogens with zero attached hydrogens (tertiary/aromatic N) is 1. The quantitative estimate of drug-likeness (QED) is 0.776. The maximum absolute atomic E-state index is 11.9. The van der Waals surface area contributed by atoms with Crippen molar-refractivity contribution >= 4 is 5.91 Å². The highest BCUT2D eigenvalue weighted by Crippen LogP contribution is 2.38. The molecule has 2 heterocycles. The third-order valence-corrected chi connectivity index (χ3v) is 4.93. The van der Waals surface area contributed by atoms with Crippen LogP contribution in [0.5, 0.6) is 0 Å². The molecular weight excluding hydrogens is 254 g/mol. The zero-order valence-corrected chi connectivity index (χ0v) is 12.6. The molecular formula is C16H27NO3. The van der Waals surface area contributed by atoms with E-state index in [1.807, 2.05) is 4.90 Å². The molecule has 0 aromatic heterocycles. The van der Waals surface area contributed by atoms with E-state index < -0.39 is 0 Å². The predicted octanol–water partition coefficient (Wildman–Crippen LogP) is 2.36. The van der Waals surface area contributed by atoms with Crippen molar-refractivity contribution in [3.8, 4) is 0 Å². The smallest absolute Gasteiger partial charge is 0.222 e. The van der Waals surface area contributed by atoms with E-state index >= 15 is 0 Å². The highest BCUT2D eigenvalue weighted by molar-refractivity contribution is 5.76. The Morgan fingerprint density at radius 3 is 2.75 bits per heavy atom. The summed E-state index contributed by atoms with van der Waals surface area (Å²) >= 11 is 0. The van der Waals surface area contributed by atoms with Gasteiger partial charge in [-0.2, -0.15) is 0 Å². The lowest BCUT2D eigenvalue weighted by molar-refractivity contribution is -0.136. The van der Waals surface area contributed by atoms with Gasteiger partial charge in [-0.15, -0.1) is 0 Å². The predicted molar refractivity (Wildman–Crippen MR) is 76.5 cm³/mol. The number of amides is 1. The number of hydrogen-bond acceptors (Lipinski definition) is 3. The average molecular weight is 281 g/mol. The molecule has 2 saturated heterocycles. The molecule has 1 atom stereocenters. The molecule has 0 bridgehead atoms. The van der Waals surface area contributed by atoms with Crippen LogP contribution in [0, 0.1) is 5.92 Å². The van der Waals surface area contributed by atoms with Crippen LogP contribution in [0.4, 0.5) is 0 Å². The van der Waals surface area contributed by atoms with Crippen LogP contribution >= 0.6 is 0 Å². The second-order valence-electron chi connectivity index (χ2n) is 6.73. The molecule has 0 unspecified atom stereocenters. The van der Waals surface area contributed by atoms with Gasteiger partial charge in [0.15, 0.2) is 0 Å². The highest BCUT2D eigenvalue weighted by Gasteiger charge is 2.44. The summed E-state index contributed by atoms with van der Waals surface area (Å²) in [4.78, 5) is 13.9. The summed E-state index contributed by atoms with van der Waals surface area (Å²) in [6.07, 6.45) is 7.57. The number of likely N-dealkylation sites (tertiary alicyclic amines) is 1. The largest absolute Gasteiger partial charge is 0.375 e. The summed E-state index contributed by atoms with van der Waals surface area (Å²) < 4.78 is 12.0. The number of hydrogen-bond donors (Lipinski definition) is 0. The van der Waals surface area contributed by atoms with Crippen LogP contribution in [-0.2, 0) is 14.3 Å². The summed E-state index contributed by atoms with van der Waals surface area (Å²) in [6.45, 7) is 5.44. The van der Waals surface area contributed by atoms with E-state index in [2.05, 4.69) is 6.92 Å². The normalized spacial score (nSPS) is 29.1. The van der Waals surface area contributed by atoms with Crippen molar-refractivity contribution in [1.82, 2.24) is 4.90 Å². The summed E-state index contributed by atoms with van der Waals surface area (Å²) in [5.41, 5.74) is -0.00277. The molecule has 4 nitrogen and oxygen atoms in total. The van der Waals surface area contributed by atoms with Crippen LogP contribution in [0.15, 0.2) is 0 Å². The molecule has 1 spiro atoms. The van der Waals surface area contributed by atoms with Gasteiger partial charge in [-0.1, -0.05) is 6.92 Å². The lowest BCUT2D eigenvalue weighted by atomic mass is 9.88. The van der Waals surface area contributed by atoms with Crippen molar-refractivity contribution < 1.29 is 14.3 Å². The van der Waals surface area contributed by atoms with Gasteiger partial charge in [-0.3, -0.25) is 4.79 Å². The summed E-state index contributed by atoms with van der Waals surface area (Å²) in [5, 5.41) is 0. The maximum atomic E-state index is 11.9. The number of rotatable bonds is 5. The minimum atomic E-state index is -0.00277. The molecule has 4 heteroatoms. The van der Waals surface area contributed by atoms with E-state index in [1.165, 1.54) is 12.8 Å². The summed E-state index contributed by atoms with van der Waals surface area (Å²) in [5.74, 6) is 1.13. The zero-order chi connectivity index (χ0) is 14.0. The second kappa shape index (κ2) is 6.02. The van der Waals surface area contributed by atoms with Crippen molar-refractivity contribution in [2.24, 2.45) is 5.92 Å². The van der Waals surface area contributed by atoms with Crippen LogP contribution < -0.4 is 0 Å². The Morgan fingerprint density at radius 2 is 2.10 bits per heavy atom. The Kier molecular flexibility index (Phi) is 4.32. The fourth-order valence-electron chi connectivity index (χ4n) is 3.35. The van der Waals surface area contributed by atoms with Gasteiger partial charge in [0.05, 0.1) is 18.3 Å². The van der Waals surface area contributed by atoms with Gasteiger partial charge in [-0.05, 0) is 38.0 Å². The third-order valence-electron chi connectivity index (χ3n) is 4.93. The molecule has 1 saturated carbocycles. The second-order valence-corrected chi connectivity index (χ2v) is 6.73. The molecule has 0 N–H and O–H groups in total. The van der Waals surface area contributed by atoms with Gasteiger partial charge < -0.3 is 14.4 Å². The SMILES string of the molecule is CCCC(=O)N1CCC2(CC1)C[C@H](OCC1CC1)CO2. The van der Waals surface area contributed by atoms with Gasteiger partial charge in [0.2, 0.25) is 5.91 Å². The first-order valence-corrected chi connectivity index (χ1v) is 8.24. The highest BCUT2D eigenvalue weighted by atomic mass is 16.6. The Balaban J connectivity index is 1.43. The van der Waals surface area contributed by atoms with E-state index in [4.69, 9.17) is 9.47 Å². The molecule has 1 aliphatic carbocycles. The minimum absolute atomic E-state index is 0.00277. The van der Waals surface area contributed by atoms with Gasteiger partial charge in [0.25, 0.3) is 0 Å². The standard InChI is InChI=1S/C16H27NO3/c1-2-3-15(18)17-8-6-16(7-9-17)10-14(12-20-16)19-11-13-4-5-13/h13-14H,2-12H2,1H3/t14-/m0/s1. The number of piperidine rings is 1. The van der Waals surface area contributed by atoms with Crippen molar-refractivity contribution in [1.29, 1.82) is 0 Å². The number of carbonyl (C=O) groups is 1. The van der Waals surface area contributed by atoms with Crippen molar-refractivity contribution in [2.45, 2.75) is 63.6 Å². The van der Waals surface area contributed by atoms with Gasteiger partial charge >= 0.3 is 0 Å². The summed E-state index contributed by atoms with van der Waals surface area (Å²) in [7, 11) is 0. The molecule has 1 amide bonds. The molecule has 3 rings (SSSR count). The van der Waals surface area contributed by atoms with E-state index in [1.54, 1.807) is 0 Å². The maximum Gasteiger partial charge on any atom is 0.222 e. The molecule has 20 heavy (non-hydrogen) atoms. The first kappa shape index (κ1) is 14.3. The van der Waals surface area contributed by atoms with E-state index in [0.29, 0.717) is 12.3 Å². The first-order chi connectivity index (χ1) is 9.71. The van der Waals surface area contributed by atoms with Crippen LogP contribution in [-0.4, -0.2) is 48.8 Å². The topological polar surface area (TPSA) is 38.8 Å². The fraction of sp³-hybridized carbons (Fsp3) is 0.938. The number of ether oxygens (including phenoxy) is 2. The average Bonchev–Trinajstić information content (AvgIpc) is 3.21.